The van der Waals surface area contributed by atoms with Gasteiger partial charge in [-0.25, -0.2) is 9.18 Å². The molecule has 3 amide bonds. The molecule has 1 unspecified atom stereocenters. The number of imide groups is 1. The van der Waals surface area contributed by atoms with Crippen LogP contribution < -0.4 is 16.4 Å². The molecule has 0 aliphatic heterocycles. The van der Waals surface area contributed by atoms with E-state index >= 15 is 0 Å². The van der Waals surface area contributed by atoms with Gasteiger partial charge in [-0.3, -0.25) is 15.4 Å². The number of carbonyl (C=O) groups is 2. The number of halogens is 1. The fraction of sp³-hybridized carbons (Fsp3) is 0.125. The van der Waals surface area contributed by atoms with Gasteiger partial charge in [-0.1, -0.05) is 48.5 Å². The smallest absolute Gasteiger partial charge is 0.318 e. The average Bonchev–Trinajstić information content (AvgIpc) is 2.49. The van der Waals surface area contributed by atoms with E-state index < -0.39 is 18.0 Å². The van der Waals surface area contributed by atoms with E-state index in [0.717, 1.165) is 0 Å². The van der Waals surface area contributed by atoms with Gasteiger partial charge in [0, 0.05) is 12.1 Å². The van der Waals surface area contributed by atoms with Crippen molar-refractivity contribution in [3.8, 4) is 0 Å². The third kappa shape index (κ3) is 4.13. The van der Waals surface area contributed by atoms with Crippen LogP contribution >= 0.6 is 0 Å². The van der Waals surface area contributed by atoms with Gasteiger partial charge in [-0.05, 0) is 11.6 Å². The van der Waals surface area contributed by atoms with Crippen molar-refractivity contribution >= 4 is 11.9 Å². The van der Waals surface area contributed by atoms with E-state index in [0.29, 0.717) is 11.1 Å². The molecule has 0 heterocycles. The summed E-state index contributed by atoms with van der Waals surface area (Å²) in [6, 6.07) is 13.3. The highest BCUT2D eigenvalue weighted by molar-refractivity contribution is 5.96. The fourth-order valence-electron chi connectivity index (χ4n) is 2.05. The summed E-state index contributed by atoms with van der Waals surface area (Å²) >= 11 is 0. The Bertz CT molecular complexity index is 661. The van der Waals surface area contributed by atoms with E-state index in [1.807, 2.05) is 11.4 Å². The molecule has 0 bridgehead atoms. The van der Waals surface area contributed by atoms with E-state index in [2.05, 4.69) is 5.32 Å². The Morgan fingerprint density at radius 3 is 2.32 bits per heavy atom. The molecular weight excluding hydrogens is 285 g/mol. The number of rotatable bonds is 5. The third-order valence-corrected chi connectivity index (χ3v) is 3.10. The van der Waals surface area contributed by atoms with Gasteiger partial charge in [0.15, 0.2) is 0 Å². The maximum absolute atomic E-state index is 13.6. The molecule has 4 N–H and O–H groups in total. The summed E-state index contributed by atoms with van der Waals surface area (Å²) in [5.74, 6) is -0.952. The Morgan fingerprint density at radius 2 is 1.68 bits per heavy atom. The molecule has 2 aromatic carbocycles. The molecule has 5 nitrogen and oxygen atoms in total. The lowest BCUT2D eigenvalue weighted by Crippen LogP contribution is -2.42. The van der Waals surface area contributed by atoms with Gasteiger partial charge in [-0.15, -0.1) is 0 Å². The maximum Gasteiger partial charge on any atom is 0.318 e. The molecule has 2 aromatic rings. The van der Waals surface area contributed by atoms with Crippen molar-refractivity contribution < 1.29 is 14.0 Å². The number of hydrogen-bond acceptors (Lipinski definition) is 3. The number of nitrogens with one attached hydrogen (secondary N) is 2. The van der Waals surface area contributed by atoms with Crippen molar-refractivity contribution in [2.75, 3.05) is 0 Å². The molecule has 114 valence electrons. The van der Waals surface area contributed by atoms with Crippen molar-refractivity contribution in [1.82, 2.24) is 10.6 Å². The van der Waals surface area contributed by atoms with Crippen molar-refractivity contribution in [2.24, 2.45) is 5.73 Å². The minimum atomic E-state index is -0.932. The molecule has 0 fully saturated rings. The first-order valence-corrected chi connectivity index (χ1v) is 6.70. The van der Waals surface area contributed by atoms with E-state index in [4.69, 9.17) is 5.73 Å². The number of primary amides is 1. The lowest BCUT2D eigenvalue weighted by Gasteiger charge is -2.18. The lowest BCUT2D eigenvalue weighted by molar-refractivity contribution is -0.122. The summed E-state index contributed by atoms with van der Waals surface area (Å²) < 4.78 is 13.6. The average molecular weight is 301 g/mol. The van der Waals surface area contributed by atoms with Crippen molar-refractivity contribution in [2.45, 2.75) is 12.6 Å². The summed E-state index contributed by atoms with van der Waals surface area (Å²) in [5, 5.41) is 4.97. The first-order valence-electron chi connectivity index (χ1n) is 6.70. The fourth-order valence-corrected chi connectivity index (χ4v) is 2.05. The Morgan fingerprint density at radius 1 is 1.05 bits per heavy atom. The van der Waals surface area contributed by atoms with Gasteiger partial charge >= 0.3 is 6.03 Å². The molecule has 0 saturated carbocycles. The SMILES string of the molecule is NC(=O)NC(=O)C(NCc1ccccc1F)c1ccccc1. The second-order valence-corrected chi connectivity index (χ2v) is 4.67. The van der Waals surface area contributed by atoms with Crippen LogP contribution in [0.4, 0.5) is 9.18 Å². The summed E-state index contributed by atoms with van der Waals surface area (Å²) in [5.41, 5.74) is 6.06. The first-order chi connectivity index (χ1) is 10.6. The largest absolute Gasteiger partial charge is 0.351 e. The number of amides is 3. The predicted molar refractivity (Wildman–Crippen MR) is 80.1 cm³/mol. The van der Waals surface area contributed by atoms with E-state index in [1.54, 1.807) is 42.5 Å². The van der Waals surface area contributed by atoms with Gasteiger partial charge in [0.1, 0.15) is 11.9 Å². The van der Waals surface area contributed by atoms with Gasteiger partial charge in [0.05, 0.1) is 0 Å². The molecule has 0 aromatic heterocycles. The quantitative estimate of drug-likeness (QED) is 0.788. The van der Waals surface area contributed by atoms with Crippen LogP contribution in [0.2, 0.25) is 0 Å². The Kier molecular flexibility index (Phi) is 5.21. The Hall–Kier alpha value is -2.73. The van der Waals surface area contributed by atoms with Crippen LogP contribution in [0.3, 0.4) is 0 Å². The number of nitrogens with two attached hydrogens (primary N) is 1. The zero-order chi connectivity index (χ0) is 15.9. The molecular formula is C16H16FN3O2. The van der Waals surface area contributed by atoms with E-state index in [-0.39, 0.29) is 12.4 Å². The Balaban J connectivity index is 2.16. The van der Waals surface area contributed by atoms with Gasteiger partial charge in [-0.2, -0.15) is 0 Å². The normalized spacial score (nSPS) is 11.7. The molecule has 6 heteroatoms. The maximum atomic E-state index is 13.6. The zero-order valence-electron chi connectivity index (χ0n) is 11.8. The highest BCUT2D eigenvalue weighted by Gasteiger charge is 2.21. The van der Waals surface area contributed by atoms with E-state index in [9.17, 15) is 14.0 Å². The molecule has 22 heavy (non-hydrogen) atoms. The van der Waals surface area contributed by atoms with Crippen LogP contribution in [0, 0.1) is 5.82 Å². The second kappa shape index (κ2) is 7.33. The number of hydrogen-bond donors (Lipinski definition) is 3. The standard InChI is InChI=1S/C16H16FN3O2/c17-13-9-5-4-8-12(13)10-19-14(15(21)20-16(18)22)11-6-2-1-3-7-11/h1-9,14,19H,10H2,(H3,18,20,21,22). The molecule has 0 spiro atoms. The van der Waals surface area contributed by atoms with Crippen molar-refractivity contribution in [1.29, 1.82) is 0 Å². The third-order valence-electron chi connectivity index (χ3n) is 3.10. The molecule has 2 rings (SSSR count). The van der Waals surface area contributed by atoms with Crippen LogP contribution in [-0.4, -0.2) is 11.9 Å². The second-order valence-electron chi connectivity index (χ2n) is 4.67. The van der Waals surface area contributed by atoms with Gasteiger partial charge < -0.3 is 5.73 Å². The first kappa shape index (κ1) is 15.7. The monoisotopic (exact) mass is 301 g/mol. The van der Waals surface area contributed by atoms with Crippen LogP contribution in [-0.2, 0) is 11.3 Å². The zero-order valence-corrected chi connectivity index (χ0v) is 11.8. The number of benzene rings is 2. The summed E-state index contributed by atoms with van der Waals surface area (Å²) in [6.07, 6.45) is 0. The topological polar surface area (TPSA) is 84.2 Å². The minimum Gasteiger partial charge on any atom is -0.351 e. The van der Waals surface area contributed by atoms with Gasteiger partial charge in [0.25, 0.3) is 0 Å². The summed E-state index contributed by atoms with van der Waals surface area (Å²) in [4.78, 5) is 23.0. The van der Waals surface area contributed by atoms with Crippen LogP contribution in [0.1, 0.15) is 17.2 Å². The molecule has 0 aliphatic rings. The highest BCUT2D eigenvalue weighted by atomic mass is 19.1. The van der Waals surface area contributed by atoms with E-state index in [1.165, 1.54) is 6.07 Å². The molecule has 1 atom stereocenters. The number of carbonyl (C=O) groups excluding carboxylic acids is 2. The predicted octanol–water partition coefficient (Wildman–Crippen LogP) is 1.85. The van der Waals surface area contributed by atoms with Crippen molar-refractivity contribution in [3.05, 3.63) is 71.5 Å². The van der Waals surface area contributed by atoms with Crippen LogP contribution in [0.5, 0.6) is 0 Å². The molecule has 0 saturated heterocycles. The minimum absolute atomic E-state index is 0.137. The summed E-state index contributed by atoms with van der Waals surface area (Å²) in [7, 11) is 0. The lowest BCUT2D eigenvalue weighted by atomic mass is 10.1. The van der Waals surface area contributed by atoms with Crippen LogP contribution in [0.15, 0.2) is 54.6 Å². The highest BCUT2D eigenvalue weighted by Crippen LogP contribution is 2.15. The van der Waals surface area contributed by atoms with Gasteiger partial charge in [0.2, 0.25) is 5.91 Å². The molecule has 0 radical (unpaired) electrons. The summed E-state index contributed by atoms with van der Waals surface area (Å²) in [6.45, 7) is 0.137. The number of urea groups is 1. The van der Waals surface area contributed by atoms with Crippen LogP contribution in [0.25, 0.3) is 0 Å². The molecule has 0 aliphatic carbocycles. The Labute approximate surface area is 127 Å². The van der Waals surface area contributed by atoms with Crippen molar-refractivity contribution in [3.63, 3.8) is 0 Å².